The van der Waals surface area contributed by atoms with Crippen LogP contribution in [0, 0.1) is 5.92 Å². The summed E-state index contributed by atoms with van der Waals surface area (Å²) in [6.45, 7) is 6.60. The van der Waals surface area contributed by atoms with Crippen molar-refractivity contribution >= 4 is 45.9 Å². The summed E-state index contributed by atoms with van der Waals surface area (Å²) in [7, 11) is 1.71. The largest absolute Gasteiger partial charge is 0.379 e. The number of carbonyl (C=O) groups excluding carboxylic acids is 3. The minimum atomic E-state index is -2.87. The molecule has 1 unspecified atom stereocenters. The normalized spacial score (nSPS) is 22.6. The van der Waals surface area contributed by atoms with Gasteiger partial charge in [-0.15, -0.1) is 0 Å². The number of hydrogen-bond acceptors (Lipinski definition) is 12. The average molecular weight is 874 g/mol. The van der Waals surface area contributed by atoms with E-state index in [1.807, 2.05) is 24.3 Å². The van der Waals surface area contributed by atoms with Gasteiger partial charge in [0.15, 0.2) is 11.3 Å². The molecule has 1 aliphatic carbocycles. The molecule has 3 saturated heterocycles. The number of ether oxygens (including phenoxy) is 3. The Balaban J connectivity index is 0.738. The highest BCUT2D eigenvalue weighted by atomic mass is 19.3. The molecule has 1 aromatic carbocycles. The molecule has 2 atom stereocenters. The molecule has 4 aromatic heterocycles. The summed E-state index contributed by atoms with van der Waals surface area (Å²) >= 11 is 0. The number of imide groups is 1. The van der Waals surface area contributed by atoms with E-state index < -0.39 is 30.0 Å². The van der Waals surface area contributed by atoms with Crippen molar-refractivity contribution in [1.29, 1.82) is 0 Å². The van der Waals surface area contributed by atoms with Crippen LogP contribution in [0.2, 0.25) is 0 Å². The second kappa shape index (κ2) is 18.6. The minimum Gasteiger partial charge on any atom is -0.379 e. The van der Waals surface area contributed by atoms with Crippen LogP contribution < -0.4 is 21.2 Å². The predicted octanol–water partition coefficient (Wildman–Crippen LogP) is 3.66. The summed E-state index contributed by atoms with van der Waals surface area (Å²) in [5, 5.41) is 13.6. The fourth-order valence-electron chi connectivity index (χ4n) is 9.56. The van der Waals surface area contributed by atoms with Crippen LogP contribution >= 0.6 is 0 Å². The number of imidazole rings is 1. The fourth-order valence-corrected chi connectivity index (χ4v) is 9.56. The third-order valence-corrected chi connectivity index (χ3v) is 12.8. The molecule has 5 aromatic rings. The molecular weight excluding hydrogens is 821 g/mol. The molecular formula is C43H53F2N11O7. The molecule has 4 fully saturated rings. The van der Waals surface area contributed by atoms with Crippen molar-refractivity contribution in [3.8, 4) is 0 Å². The minimum absolute atomic E-state index is 0.0200. The van der Waals surface area contributed by atoms with Gasteiger partial charge in [0.25, 0.3) is 12.3 Å². The lowest BCUT2D eigenvalue weighted by Crippen LogP contribution is -2.46. The zero-order valence-corrected chi connectivity index (χ0v) is 35.3. The van der Waals surface area contributed by atoms with E-state index in [4.69, 9.17) is 14.2 Å². The van der Waals surface area contributed by atoms with Gasteiger partial charge in [-0.3, -0.25) is 38.4 Å². The number of piperidine rings is 1. The van der Waals surface area contributed by atoms with Crippen molar-refractivity contribution < 1.29 is 37.4 Å². The second-order valence-corrected chi connectivity index (χ2v) is 16.9. The third-order valence-electron chi connectivity index (χ3n) is 12.8. The van der Waals surface area contributed by atoms with E-state index in [0.29, 0.717) is 75.4 Å². The van der Waals surface area contributed by atoms with E-state index in [9.17, 15) is 28.0 Å². The number of para-hydroxylation sites is 1. The molecule has 0 bridgehead atoms. The first-order valence-electron chi connectivity index (χ1n) is 21.9. The number of nitrogens with zero attached hydrogens (tertiary/aromatic N) is 9. The van der Waals surface area contributed by atoms with Crippen molar-refractivity contribution in [2.45, 2.75) is 76.0 Å². The van der Waals surface area contributed by atoms with Crippen molar-refractivity contribution in [3.63, 3.8) is 0 Å². The maximum absolute atomic E-state index is 14.3. The number of amides is 3. The van der Waals surface area contributed by atoms with Crippen LogP contribution in [0.5, 0.6) is 0 Å². The molecule has 0 spiro atoms. The number of nitrogens with one attached hydrogen (secondary N) is 2. The number of aryl methyl sites for hydroxylation is 2. The van der Waals surface area contributed by atoms with Gasteiger partial charge in [-0.05, 0) is 68.6 Å². The van der Waals surface area contributed by atoms with Gasteiger partial charge in [-0.25, -0.2) is 23.1 Å². The van der Waals surface area contributed by atoms with Crippen LogP contribution in [0.3, 0.4) is 0 Å². The molecule has 9 rings (SSSR count). The molecule has 7 heterocycles. The summed E-state index contributed by atoms with van der Waals surface area (Å²) < 4.78 is 52.3. The first kappa shape index (κ1) is 42.7. The van der Waals surface area contributed by atoms with E-state index in [0.717, 1.165) is 62.8 Å². The Morgan fingerprint density at radius 3 is 2.67 bits per heavy atom. The number of alkyl halides is 2. The maximum atomic E-state index is 14.3. The van der Waals surface area contributed by atoms with Crippen LogP contribution in [-0.4, -0.2) is 128 Å². The molecule has 18 nitrogen and oxygen atoms in total. The fraction of sp³-hybridized carbons (Fsp3) is 0.558. The Morgan fingerprint density at radius 2 is 1.87 bits per heavy atom. The van der Waals surface area contributed by atoms with Crippen molar-refractivity contribution in [1.82, 2.24) is 43.7 Å². The van der Waals surface area contributed by atoms with E-state index >= 15 is 0 Å². The number of fused-ring (bicyclic) bond motifs is 2. The molecule has 3 aliphatic heterocycles. The number of anilines is 2. The lowest BCUT2D eigenvalue weighted by molar-refractivity contribution is -0.135. The van der Waals surface area contributed by atoms with Gasteiger partial charge in [0, 0.05) is 65.2 Å². The standard InChI is InChI=1S/C43H53F2N11O7/c1-51-38-28(4-2-6-33(38)56(43(51)60)34-11-12-36(57)49-42(34)59)5-3-18-62-26-30-24-52(15-21-63-30)23-27-7-9-29(10-8-27)55-25-32(37(50-55)39(44)45)47-41(58)31-22-46-54-14-13-35(48-40(31)54)53-16-19-61-20-17-53/h2,4,6,13-14,22,25,27,29-30,34,39H,3,5,7-12,15-21,23-24,26H2,1H3,(H,47,58)(H,49,57,59)/t27-,29-,30-,34?/m1/s1. The Morgan fingerprint density at radius 1 is 1.05 bits per heavy atom. The summed E-state index contributed by atoms with van der Waals surface area (Å²) in [5.74, 6) is -0.227. The Hall–Kier alpha value is -5.57. The van der Waals surface area contributed by atoms with Gasteiger partial charge in [0.1, 0.15) is 17.4 Å². The summed E-state index contributed by atoms with van der Waals surface area (Å²) in [5.41, 5.74) is 2.18. The van der Waals surface area contributed by atoms with Gasteiger partial charge in [0.05, 0.1) is 61.5 Å². The maximum Gasteiger partial charge on any atom is 0.329 e. The number of halogens is 2. The molecule has 20 heteroatoms. The Bertz CT molecular complexity index is 2520. The van der Waals surface area contributed by atoms with E-state index in [1.54, 1.807) is 22.5 Å². The van der Waals surface area contributed by atoms with Gasteiger partial charge < -0.3 is 24.4 Å². The van der Waals surface area contributed by atoms with E-state index in [-0.39, 0.29) is 47.8 Å². The average Bonchev–Trinajstić information content (AvgIpc) is 3.98. The highest BCUT2D eigenvalue weighted by molar-refractivity contribution is 6.08. The SMILES string of the molecule is Cn1c(=O)n(C2CCC(=O)NC2=O)c2cccc(CCCOC[C@H]3CN(C[C@H]4CC[C@H](n5cc(NC(=O)c6cnn7ccc(N8CCOCC8)nc67)c(C(F)F)n5)CC4)CCO3)c21. The van der Waals surface area contributed by atoms with Crippen LogP contribution in [0.4, 0.5) is 20.3 Å². The first-order chi connectivity index (χ1) is 30.6. The van der Waals surface area contributed by atoms with Crippen molar-refractivity contribution in [2.75, 3.05) is 76.0 Å². The number of hydrogen-bond donors (Lipinski definition) is 2. The number of carbonyl (C=O) groups is 3. The quantitative estimate of drug-likeness (QED) is 0.122. The van der Waals surface area contributed by atoms with Gasteiger partial charge in [0.2, 0.25) is 11.8 Å². The Labute approximate surface area is 361 Å². The number of benzene rings is 1. The topological polar surface area (TPSA) is 184 Å². The molecule has 4 aliphatic rings. The third kappa shape index (κ3) is 9.12. The summed E-state index contributed by atoms with van der Waals surface area (Å²) in [6.07, 6.45) is 7.01. The first-order valence-corrected chi connectivity index (χ1v) is 21.9. The molecule has 2 N–H and O–H groups in total. The number of rotatable bonds is 14. The van der Waals surface area contributed by atoms with Gasteiger partial charge in [-0.1, -0.05) is 12.1 Å². The van der Waals surface area contributed by atoms with Gasteiger partial charge >= 0.3 is 5.69 Å². The second-order valence-electron chi connectivity index (χ2n) is 16.9. The molecule has 336 valence electrons. The smallest absolute Gasteiger partial charge is 0.329 e. The van der Waals surface area contributed by atoms with Crippen molar-refractivity contribution in [2.24, 2.45) is 13.0 Å². The van der Waals surface area contributed by atoms with Crippen LogP contribution in [0.25, 0.3) is 16.7 Å². The molecule has 3 amide bonds. The van der Waals surface area contributed by atoms with Crippen molar-refractivity contribution in [3.05, 3.63) is 70.2 Å². The number of morpholine rings is 2. The lowest BCUT2D eigenvalue weighted by atomic mass is 9.85. The van der Waals surface area contributed by atoms with Crippen LogP contribution in [-0.2, 0) is 37.3 Å². The highest BCUT2D eigenvalue weighted by Gasteiger charge is 2.33. The zero-order chi connectivity index (χ0) is 43.6. The molecule has 0 radical (unpaired) electrons. The van der Waals surface area contributed by atoms with Crippen LogP contribution in [0.15, 0.2) is 47.7 Å². The lowest BCUT2D eigenvalue weighted by Gasteiger charge is -2.37. The highest BCUT2D eigenvalue weighted by Crippen LogP contribution is 2.36. The van der Waals surface area contributed by atoms with E-state index in [2.05, 4.69) is 35.6 Å². The molecule has 1 saturated carbocycles. The summed E-state index contributed by atoms with van der Waals surface area (Å²) in [6, 6.07) is 6.75. The van der Waals surface area contributed by atoms with Gasteiger partial charge in [-0.2, -0.15) is 10.2 Å². The predicted molar refractivity (Wildman–Crippen MR) is 226 cm³/mol. The molecule has 63 heavy (non-hydrogen) atoms. The van der Waals surface area contributed by atoms with Crippen LogP contribution in [0.1, 0.15) is 85.1 Å². The van der Waals surface area contributed by atoms with E-state index in [1.165, 1.54) is 21.5 Å². The Kier molecular flexibility index (Phi) is 12.6. The number of aromatic nitrogens is 7. The zero-order valence-electron chi connectivity index (χ0n) is 35.3. The summed E-state index contributed by atoms with van der Waals surface area (Å²) in [4.78, 5) is 60.3. The monoisotopic (exact) mass is 873 g/mol.